The molecule has 0 aromatic rings. The Morgan fingerprint density at radius 1 is 1.29 bits per heavy atom. The minimum absolute atomic E-state index is 0.131. The van der Waals surface area contributed by atoms with Crippen molar-refractivity contribution in [3.05, 3.63) is 22.9 Å². The number of carbonyl (C=O) groups excluding carboxylic acids is 1. The fourth-order valence-corrected chi connectivity index (χ4v) is 1.32. The van der Waals surface area contributed by atoms with Crippen molar-refractivity contribution in [1.29, 1.82) is 0 Å². The summed E-state index contributed by atoms with van der Waals surface area (Å²) in [5.74, 6) is -0.680. The van der Waals surface area contributed by atoms with Crippen LogP contribution in [0.15, 0.2) is 22.9 Å². The molecule has 0 aromatic carbocycles. The Morgan fingerprint density at radius 3 is 2.35 bits per heavy atom. The summed E-state index contributed by atoms with van der Waals surface area (Å²) >= 11 is 0.599. The molecular formula is C10H12F4O2S. The molecule has 0 aliphatic heterocycles. The predicted octanol–water partition coefficient (Wildman–Crippen LogP) is 3.60. The van der Waals surface area contributed by atoms with Gasteiger partial charge in [-0.15, -0.1) is 0 Å². The smallest absolute Gasteiger partial charge is 0.412 e. The molecule has 7 heteroatoms. The van der Waals surface area contributed by atoms with Crippen LogP contribution in [0.25, 0.3) is 0 Å². The molecule has 0 N–H and O–H groups in total. The molecule has 0 unspecified atom stereocenters. The first-order valence-electron chi connectivity index (χ1n) is 4.59. The number of rotatable bonds is 5. The first-order valence-corrected chi connectivity index (χ1v) is 5.58. The standard InChI is InChI=1S/C10H12F4O2S/c1-7(10(12,13)14)4-6-17-9(11)3-5-16-8(2)15/h3-4H,5-6H2,1-2H3/b7-4-,9-3-. The first kappa shape index (κ1) is 16.0. The number of esters is 1. The van der Waals surface area contributed by atoms with Crippen LogP contribution in [-0.4, -0.2) is 24.5 Å². The molecule has 0 aliphatic carbocycles. The third kappa shape index (κ3) is 8.79. The highest BCUT2D eigenvalue weighted by atomic mass is 32.2. The average Bonchev–Trinajstić information content (AvgIpc) is 2.15. The Balaban J connectivity index is 4.00. The van der Waals surface area contributed by atoms with Crippen LogP contribution in [-0.2, 0) is 9.53 Å². The number of halogens is 4. The second-order valence-electron chi connectivity index (χ2n) is 3.01. The zero-order valence-corrected chi connectivity index (χ0v) is 10.1. The van der Waals surface area contributed by atoms with Crippen LogP contribution in [0.3, 0.4) is 0 Å². The zero-order chi connectivity index (χ0) is 13.5. The molecule has 0 saturated heterocycles. The van der Waals surface area contributed by atoms with Crippen molar-refractivity contribution >= 4 is 17.7 Å². The first-order chi connectivity index (χ1) is 7.73. The number of thioether (sulfide) groups is 1. The molecule has 2 nitrogen and oxygen atoms in total. The van der Waals surface area contributed by atoms with Gasteiger partial charge in [0.15, 0.2) is 5.16 Å². The number of ether oxygens (including phenoxy) is 1. The van der Waals surface area contributed by atoms with Crippen molar-refractivity contribution in [2.75, 3.05) is 12.4 Å². The Bertz CT molecular complexity index is 321. The minimum atomic E-state index is -4.38. The number of allylic oxidation sites excluding steroid dienone is 1. The van der Waals surface area contributed by atoms with Crippen LogP contribution >= 0.6 is 11.8 Å². The van der Waals surface area contributed by atoms with E-state index < -0.39 is 22.9 Å². The molecule has 0 rings (SSSR count). The van der Waals surface area contributed by atoms with Gasteiger partial charge in [-0.3, -0.25) is 4.79 Å². The maximum Gasteiger partial charge on any atom is 0.412 e. The molecule has 0 fully saturated rings. The van der Waals surface area contributed by atoms with Gasteiger partial charge in [0.2, 0.25) is 0 Å². The summed E-state index contributed by atoms with van der Waals surface area (Å²) in [5, 5.41) is -0.683. The third-order valence-electron chi connectivity index (χ3n) is 1.59. The van der Waals surface area contributed by atoms with E-state index in [1.807, 2.05) is 0 Å². The molecule has 0 heterocycles. The molecule has 0 spiro atoms. The van der Waals surface area contributed by atoms with E-state index in [1.54, 1.807) is 0 Å². The normalized spacial score (nSPS) is 13.8. The lowest BCUT2D eigenvalue weighted by molar-refractivity contribution is -0.139. The SMILES string of the molecule is CC(=O)OC/C=C(/F)SC/C=C(/C)C(F)(F)F. The number of alkyl halides is 3. The summed E-state index contributed by atoms with van der Waals surface area (Å²) in [5.41, 5.74) is -0.766. The van der Waals surface area contributed by atoms with Crippen LogP contribution in [0, 0.1) is 0 Å². The van der Waals surface area contributed by atoms with E-state index in [0.29, 0.717) is 11.8 Å². The molecule has 0 radical (unpaired) electrons. The van der Waals surface area contributed by atoms with Gasteiger partial charge >= 0.3 is 12.1 Å². The maximum atomic E-state index is 12.9. The second kappa shape index (κ2) is 7.37. The van der Waals surface area contributed by atoms with Crippen molar-refractivity contribution in [2.45, 2.75) is 20.0 Å². The Hall–Kier alpha value is -0.980. The fraction of sp³-hybridized carbons (Fsp3) is 0.500. The van der Waals surface area contributed by atoms with E-state index >= 15 is 0 Å². The highest BCUT2D eigenvalue weighted by Gasteiger charge is 2.29. The van der Waals surface area contributed by atoms with Crippen molar-refractivity contribution < 1.29 is 27.1 Å². The van der Waals surface area contributed by atoms with Crippen LogP contribution < -0.4 is 0 Å². The van der Waals surface area contributed by atoms with Gasteiger partial charge in [-0.1, -0.05) is 17.8 Å². The van der Waals surface area contributed by atoms with E-state index in [-0.39, 0.29) is 12.4 Å². The fourth-order valence-electron chi connectivity index (χ4n) is 0.645. The molecule has 0 aliphatic rings. The van der Waals surface area contributed by atoms with E-state index in [4.69, 9.17) is 0 Å². The van der Waals surface area contributed by atoms with Crippen LogP contribution in [0.5, 0.6) is 0 Å². The second-order valence-corrected chi connectivity index (χ2v) is 4.02. The topological polar surface area (TPSA) is 26.3 Å². The highest BCUT2D eigenvalue weighted by molar-refractivity contribution is 8.02. The van der Waals surface area contributed by atoms with Gasteiger partial charge in [0.05, 0.1) is 0 Å². The number of carbonyl (C=O) groups is 1. The summed E-state index contributed by atoms with van der Waals surface area (Å²) in [7, 11) is 0. The highest BCUT2D eigenvalue weighted by Crippen LogP contribution is 2.26. The van der Waals surface area contributed by atoms with E-state index in [1.165, 1.54) is 6.92 Å². The monoisotopic (exact) mass is 272 g/mol. The summed E-state index contributed by atoms with van der Waals surface area (Å²) in [6.07, 6.45) is -2.49. The Morgan fingerprint density at radius 2 is 1.88 bits per heavy atom. The summed E-state index contributed by atoms with van der Waals surface area (Å²) < 4.78 is 53.4. The Labute approximate surface area is 101 Å². The van der Waals surface area contributed by atoms with Gasteiger partial charge in [0.25, 0.3) is 0 Å². The van der Waals surface area contributed by atoms with Crippen molar-refractivity contribution in [1.82, 2.24) is 0 Å². The van der Waals surface area contributed by atoms with Gasteiger partial charge in [0, 0.05) is 18.2 Å². The third-order valence-corrected chi connectivity index (χ3v) is 2.36. The van der Waals surface area contributed by atoms with E-state index in [2.05, 4.69) is 4.74 Å². The lowest BCUT2D eigenvalue weighted by Crippen LogP contribution is -2.08. The lowest BCUT2D eigenvalue weighted by atomic mass is 10.3. The van der Waals surface area contributed by atoms with Crippen molar-refractivity contribution in [3.8, 4) is 0 Å². The zero-order valence-electron chi connectivity index (χ0n) is 9.31. The van der Waals surface area contributed by atoms with Crippen LogP contribution in [0.4, 0.5) is 17.6 Å². The number of hydrogen-bond donors (Lipinski definition) is 0. The van der Waals surface area contributed by atoms with E-state index in [9.17, 15) is 22.4 Å². The molecule has 0 amide bonds. The summed E-state index contributed by atoms with van der Waals surface area (Å²) in [4.78, 5) is 10.3. The maximum absolute atomic E-state index is 12.9. The van der Waals surface area contributed by atoms with Gasteiger partial charge < -0.3 is 4.74 Å². The molecule has 0 aromatic heterocycles. The number of hydrogen-bond acceptors (Lipinski definition) is 3. The molecule has 98 valence electrons. The largest absolute Gasteiger partial charge is 0.462 e. The quantitative estimate of drug-likeness (QED) is 0.434. The molecule has 0 atom stereocenters. The van der Waals surface area contributed by atoms with Gasteiger partial charge in [-0.2, -0.15) is 17.6 Å². The molecule has 0 bridgehead atoms. The minimum Gasteiger partial charge on any atom is -0.462 e. The molecule has 0 saturated carbocycles. The van der Waals surface area contributed by atoms with Gasteiger partial charge in [-0.05, 0) is 13.0 Å². The van der Waals surface area contributed by atoms with Crippen molar-refractivity contribution in [3.63, 3.8) is 0 Å². The van der Waals surface area contributed by atoms with Gasteiger partial charge in [0.1, 0.15) is 6.61 Å². The Kier molecular flexibility index (Phi) is 6.94. The van der Waals surface area contributed by atoms with Crippen LogP contribution in [0.2, 0.25) is 0 Å². The van der Waals surface area contributed by atoms with Gasteiger partial charge in [-0.25, -0.2) is 0 Å². The summed E-state index contributed by atoms with van der Waals surface area (Å²) in [6.45, 7) is 1.87. The lowest BCUT2D eigenvalue weighted by Gasteiger charge is -2.05. The van der Waals surface area contributed by atoms with E-state index in [0.717, 1.165) is 19.1 Å². The van der Waals surface area contributed by atoms with Crippen LogP contribution in [0.1, 0.15) is 13.8 Å². The predicted molar refractivity (Wildman–Crippen MR) is 58.1 cm³/mol. The molecular weight excluding hydrogens is 260 g/mol. The van der Waals surface area contributed by atoms with Crippen molar-refractivity contribution in [2.24, 2.45) is 0 Å². The average molecular weight is 272 g/mol. The summed E-state index contributed by atoms with van der Waals surface area (Å²) in [6, 6.07) is 0. The molecule has 17 heavy (non-hydrogen) atoms.